The predicted octanol–water partition coefficient (Wildman–Crippen LogP) is 3.82. The summed E-state index contributed by atoms with van der Waals surface area (Å²) in [5.74, 6) is 0.900. The van der Waals surface area contributed by atoms with Crippen LogP contribution in [0.4, 0.5) is 0 Å². The molecule has 5 heteroatoms. The number of nitrogens with zero attached hydrogens (tertiary/aromatic N) is 1. The molecule has 1 heterocycles. The summed E-state index contributed by atoms with van der Waals surface area (Å²) in [6.45, 7) is 0.375. The molecule has 2 rings (SSSR count). The Morgan fingerprint density at radius 3 is 2.53 bits per heavy atom. The molecule has 3 nitrogen and oxygen atoms in total. The topological polar surface area (TPSA) is 39.2 Å². The van der Waals surface area contributed by atoms with Crippen LogP contribution in [0, 0.1) is 0 Å². The third-order valence-electron chi connectivity index (χ3n) is 2.04. The zero-order chi connectivity index (χ0) is 13.9. The highest BCUT2D eigenvalue weighted by atomic mass is 35.5. The number of halogens is 1. The summed E-state index contributed by atoms with van der Waals surface area (Å²) >= 11 is 7.66. The van der Waals surface area contributed by atoms with Crippen molar-refractivity contribution in [2.24, 2.45) is 0 Å². The minimum absolute atomic E-state index is 0.375. The van der Waals surface area contributed by atoms with E-state index in [-0.39, 0.29) is 0 Å². The smallest absolute Gasteiger partial charge is 0.292 e. The highest BCUT2D eigenvalue weighted by Gasteiger charge is 2.01. The van der Waals surface area contributed by atoms with E-state index in [1.807, 2.05) is 30.3 Å². The standard InChI is InChI=1S/C12H10ClNS.C2H4O2/c13-11-7-4-8-14-12(11)15-9-10-5-2-1-3-6-10;1-4-2-3/h1-8H,9H2;2H,1H3. The largest absolute Gasteiger partial charge is 0.471 e. The zero-order valence-corrected chi connectivity index (χ0v) is 12.0. The van der Waals surface area contributed by atoms with Gasteiger partial charge in [0.15, 0.2) is 0 Å². The fraction of sp³-hybridized carbons (Fsp3) is 0.143. The molecule has 0 unspecified atom stereocenters. The van der Waals surface area contributed by atoms with E-state index in [0.29, 0.717) is 6.47 Å². The van der Waals surface area contributed by atoms with E-state index >= 15 is 0 Å². The van der Waals surface area contributed by atoms with Gasteiger partial charge >= 0.3 is 0 Å². The van der Waals surface area contributed by atoms with Gasteiger partial charge in [-0.15, -0.1) is 11.8 Å². The lowest BCUT2D eigenvalue weighted by Crippen LogP contribution is -1.83. The molecule has 1 aromatic heterocycles. The maximum Gasteiger partial charge on any atom is 0.292 e. The average molecular weight is 296 g/mol. The summed E-state index contributed by atoms with van der Waals surface area (Å²) in [5.41, 5.74) is 1.28. The number of hydrogen-bond donors (Lipinski definition) is 0. The van der Waals surface area contributed by atoms with Crippen LogP contribution < -0.4 is 0 Å². The van der Waals surface area contributed by atoms with Crippen LogP contribution in [-0.2, 0) is 15.3 Å². The summed E-state index contributed by atoms with van der Waals surface area (Å²) in [6, 6.07) is 14.0. The van der Waals surface area contributed by atoms with Gasteiger partial charge in [-0.05, 0) is 17.7 Å². The lowest BCUT2D eigenvalue weighted by molar-refractivity contribution is -0.126. The van der Waals surface area contributed by atoms with E-state index in [9.17, 15) is 0 Å². The fourth-order valence-electron chi connectivity index (χ4n) is 1.20. The van der Waals surface area contributed by atoms with Crippen LogP contribution in [0.15, 0.2) is 53.7 Å². The highest BCUT2D eigenvalue weighted by Crippen LogP contribution is 2.26. The second kappa shape index (κ2) is 9.42. The summed E-state index contributed by atoms with van der Waals surface area (Å²) in [6.07, 6.45) is 1.76. The van der Waals surface area contributed by atoms with Crippen LogP contribution in [-0.4, -0.2) is 18.6 Å². The predicted molar refractivity (Wildman–Crippen MR) is 78.3 cm³/mol. The second-order valence-electron chi connectivity index (χ2n) is 3.40. The van der Waals surface area contributed by atoms with Crippen LogP contribution in [0.1, 0.15) is 5.56 Å². The Bertz CT molecular complexity index is 494. The number of hydrogen-bond acceptors (Lipinski definition) is 4. The molecule has 0 aliphatic rings. The average Bonchev–Trinajstić information content (AvgIpc) is 2.48. The van der Waals surface area contributed by atoms with Crippen LogP contribution >= 0.6 is 23.4 Å². The Labute approximate surface area is 122 Å². The van der Waals surface area contributed by atoms with Gasteiger partial charge in [-0.1, -0.05) is 41.9 Å². The van der Waals surface area contributed by atoms with Crippen molar-refractivity contribution in [3.8, 4) is 0 Å². The Morgan fingerprint density at radius 1 is 1.26 bits per heavy atom. The van der Waals surface area contributed by atoms with Crippen LogP contribution in [0.2, 0.25) is 5.02 Å². The van der Waals surface area contributed by atoms with E-state index in [2.05, 4.69) is 21.9 Å². The van der Waals surface area contributed by atoms with Gasteiger partial charge in [0.05, 0.1) is 12.1 Å². The zero-order valence-electron chi connectivity index (χ0n) is 10.5. The maximum absolute atomic E-state index is 8.95. The monoisotopic (exact) mass is 295 g/mol. The summed E-state index contributed by atoms with van der Waals surface area (Å²) in [5, 5.41) is 1.61. The van der Waals surface area contributed by atoms with Crippen molar-refractivity contribution in [2.75, 3.05) is 7.11 Å². The Morgan fingerprint density at radius 2 is 1.95 bits per heavy atom. The van der Waals surface area contributed by atoms with E-state index in [0.717, 1.165) is 15.8 Å². The van der Waals surface area contributed by atoms with E-state index in [4.69, 9.17) is 16.4 Å². The fourth-order valence-corrected chi connectivity index (χ4v) is 2.33. The molecule has 0 saturated carbocycles. The number of ether oxygens (including phenoxy) is 1. The van der Waals surface area contributed by atoms with Crippen LogP contribution in [0.3, 0.4) is 0 Å². The van der Waals surface area contributed by atoms with E-state index in [1.165, 1.54) is 12.7 Å². The first-order valence-electron chi connectivity index (χ1n) is 5.51. The van der Waals surface area contributed by atoms with Crippen molar-refractivity contribution in [1.29, 1.82) is 0 Å². The number of carbonyl (C=O) groups excluding carboxylic acids is 1. The number of methoxy groups -OCH3 is 1. The van der Waals surface area contributed by atoms with Crippen molar-refractivity contribution in [2.45, 2.75) is 10.8 Å². The minimum atomic E-state index is 0.375. The number of thioether (sulfide) groups is 1. The van der Waals surface area contributed by atoms with E-state index in [1.54, 1.807) is 18.0 Å². The second-order valence-corrected chi connectivity index (χ2v) is 4.77. The molecular formula is C14H14ClNO2S. The molecule has 0 radical (unpaired) electrons. The first-order chi connectivity index (χ1) is 9.27. The molecular weight excluding hydrogens is 282 g/mol. The van der Waals surface area contributed by atoms with Gasteiger partial charge in [0, 0.05) is 11.9 Å². The van der Waals surface area contributed by atoms with Gasteiger partial charge in [-0.25, -0.2) is 4.98 Å². The maximum atomic E-state index is 8.95. The number of aromatic nitrogens is 1. The van der Waals surface area contributed by atoms with Crippen molar-refractivity contribution in [3.63, 3.8) is 0 Å². The molecule has 0 bridgehead atoms. The van der Waals surface area contributed by atoms with Gasteiger partial charge in [0.25, 0.3) is 6.47 Å². The lowest BCUT2D eigenvalue weighted by Gasteiger charge is -2.02. The van der Waals surface area contributed by atoms with Gasteiger partial charge in [0.1, 0.15) is 5.03 Å². The molecule has 0 saturated heterocycles. The lowest BCUT2D eigenvalue weighted by atomic mass is 10.2. The molecule has 0 N–H and O–H groups in total. The van der Waals surface area contributed by atoms with Crippen LogP contribution in [0.5, 0.6) is 0 Å². The van der Waals surface area contributed by atoms with Gasteiger partial charge in [-0.2, -0.15) is 0 Å². The summed E-state index contributed by atoms with van der Waals surface area (Å²) < 4.78 is 3.86. The number of benzene rings is 1. The molecule has 2 aromatic rings. The highest BCUT2D eigenvalue weighted by molar-refractivity contribution is 7.98. The van der Waals surface area contributed by atoms with E-state index < -0.39 is 0 Å². The molecule has 0 amide bonds. The SMILES string of the molecule is COC=O.Clc1cccnc1SCc1ccccc1. The molecule has 0 atom stereocenters. The first-order valence-corrected chi connectivity index (χ1v) is 6.88. The normalized spacial score (nSPS) is 9.16. The molecule has 1 aromatic carbocycles. The summed E-state index contributed by atoms with van der Waals surface area (Å²) in [4.78, 5) is 13.2. The van der Waals surface area contributed by atoms with Crippen molar-refractivity contribution in [1.82, 2.24) is 4.98 Å². The Balaban J connectivity index is 0.000000399. The minimum Gasteiger partial charge on any atom is -0.471 e. The molecule has 0 aliphatic heterocycles. The molecule has 0 fully saturated rings. The number of carbonyl (C=O) groups is 1. The van der Waals surface area contributed by atoms with Crippen molar-refractivity contribution < 1.29 is 9.53 Å². The molecule has 100 valence electrons. The molecule has 19 heavy (non-hydrogen) atoms. The van der Waals surface area contributed by atoms with Crippen molar-refractivity contribution in [3.05, 3.63) is 59.2 Å². The summed E-state index contributed by atoms with van der Waals surface area (Å²) in [7, 11) is 1.31. The van der Waals surface area contributed by atoms with Crippen molar-refractivity contribution >= 4 is 29.8 Å². The first kappa shape index (κ1) is 15.5. The van der Waals surface area contributed by atoms with Crippen LogP contribution in [0.25, 0.3) is 0 Å². The Hall–Kier alpha value is -1.52. The third-order valence-corrected chi connectivity index (χ3v) is 3.53. The van der Waals surface area contributed by atoms with Gasteiger partial charge in [0.2, 0.25) is 0 Å². The Kier molecular flexibility index (Phi) is 7.70. The molecule has 0 aliphatic carbocycles. The van der Waals surface area contributed by atoms with Gasteiger partial charge < -0.3 is 4.74 Å². The number of pyridine rings is 1. The molecule has 0 spiro atoms. The number of rotatable bonds is 4. The van der Waals surface area contributed by atoms with Gasteiger partial charge in [-0.3, -0.25) is 4.79 Å². The quantitative estimate of drug-likeness (QED) is 0.635. The third kappa shape index (κ3) is 6.27.